The maximum absolute atomic E-state index is 4.53. The molecular formula is C14H25N3S. The minimum atomic E-state index is 0.592. The number of aromatic nitrogens is 1. The van der Waals surface area contributed by atoms with Crippen LogP contribution in [0.2, 0.25) is 0 Å². The van der Waals surface area contributed by atoms with Crippen molar-refractivity contribution < 1.29 is 0 Å². The monoisotopic (exact) mass is 267 g/mol. The quantitative estimate of drug-likeness (QED) is 0.889. The number of rotatable bonds is 5. The van der Waals surface area contributed by atoms with E-state index in [-0.39, 0.29) is 0 Å². The lowest BCUT2D eigenvalue weighted by Gasteiger charge is -2.29. The minimum Gasteiger partial charge on any atom is -0.313 e. The van der Waals surface area contributed by atoms with Gasteiger partial charge in [-0.05, 0) is 47.1 Å². The van der Waals surface area contributed by atoms with Crippen molar-refractivity contribution in [3.05, 3.63) is 15.6 Å². The van der Waals surface area contributed by atoms with Gasteiger partial charge >= 0.3 is 0 Å². The Morgan fingerprint density at radius 2 is 2.22 bits per heavy atom. The molecule has 2 heterocycles. The molecule has 1 N–H and O–H groups in total. The summed E-state index contributed by atoms with van der Waals surface area (Å²) in [5.41, 5.74) is 1.21. The Balaban J connectivity index is 1.99. The summed E-state index contributed by atoms with van der Waals surface area (Å²) in [6.45, 7) is 12.2. The van der Waals surface area contributed by atoms with E-state index in [0.29, 0.717) is 12.1 Å². The van der Waals surface area contributed by atoms with E-state index in [1.807, 2.05) is 11.3 Å². The summed E-state index contributed by atoms with van der Waals surface area (Å²) >= 11 is 1.84. The van der Waals surface area contributed by atoms with E-state index in [2.05, 4.69) is 42.9 Å². The molecule has 0 saturated carbocycles. The van der Waals surface area contributed by atoms with Gasteiger partial charge in [0.05, 0.1) is 10.7 Å². The lowest BCUT2D eigenvalue weighted by Crippen LogP contribution is -2.40. The molecule has 0 spiro atoms. The maximum atomic E-state index is 4.53. The lowest BCUT2D eigenvalue weighted by molar-refractivity contribution is 0.195. The van der Waals surface area contributed by atoms with Crippen molar-refractivity contribution in [3.8, 4) is 0 Å². The van der Waals surface area contributed by atoms with Crippen LogP contribution in [-0.4, -0.2) is 35.1 Å². The average molecular weight is 267 g/mol. The third-order valence-corrected chi connectivity index (χ3v) is 4.75. The molecule has 1 fully saturated rings. The average Bonchev–Trinajstić information content (AvgIpc) is 2.88. The zero-order valence-electron chi connectivity index (χ0n) is 12.0. The van der Waals surface area contributed by atoms with Gasteiger partial charge in [0.15, 0.2) is 0 Å². The van der Waals surface area contributed by atoms with E-state index in [1.165, 1.54) is 35.0 Å². The van der Waals surface area contributed by atoms with Crippen molar-refractivity contribution in [3.63, 3.8) is 0 Å². The van der Waals surface area contributed by atoms with Crippen LogP contribution in [-0.2, 0) is 6.54 Å². The van der Waals surface area contributed by atoms with E-state index in [1.54, 1.807) is 0 Å². The molecule has 1 aliphatic heterocycles. The van der Waals surface area contributed by atoms with Crippen molar-refractivity contribution in [1.82, 2.24) is 15.2 Å². The number of aryl methyl sites for hydroxylation is 2. The Hall–Kier alpha value is -0.450. The topological polar surface area (TPSA) is 28.2 Å². The predicted octanol–water partition coefficient (Wildman–Crippen LogP) is 2.72. The minimum absolute atomic E-state index is 0.592. The molecule has 1 saturated heterocycles. The summed E-state index contributed by atoms with van der Waals surface area (Å²) in [5.74, 6) is 0. The molecule has 1 aromatic heterocycles. The van der Waals surface area contributed by atoms with Crippen molar-refractivity contribution in [2.45, 2.75) is 59.2 Å². The third-order valence-electron chi connectivity index (χ3n) is 3.69. The molecule has 0 aliphatic carbocycles. The van der Waals surface area contributed by atoms with Crippen LogP contribution >= 0.6 is 11.3 Å². The van der Waals surface area contributed by atoms with Crippen molar-refractivity contribution in [2.24, 2.45) is 0 Å². The standard InChI is InChI=1S/C14H25N3S/c1-10(2)17(8-13-6-5-7-15-13)9-14-11(3)16-12(4)18-14/h10,13,15H,5-9H2,1-4H3. The first-order chi connectivity index (χ1) is 8.56. The number of nitrogens with zero attached hydrogens (tertiary/aromatic N) is 2. The molecule has 102 valence electrons. The fourth-order valence-electron chi connectivity index (χ4n) is 2.56. The van der Waals surface area contributed by atoms with E-state index in [9.17, 15) is 0 Å². The second-order valence-corrected chi connectivity index (χ2v) is 6.85. The van der Waals surface area contributed by atoms with Gasteiger partial charge in [-0.2, -0.15) is 0 Å². The highest BCUT2D eigenvalue weighted by atomic mass is 32.1. The molecule has 0 radical (unpaired) electrons. The van der Waals surface area contributed by atoms with E-state index in [4.69, 9.17) is 0 Å². The largest absolute Gasteiger partial charge is 0.313 e. The second kappa shape index (κ2) is 6.13. The summed E-state index contributed by atoms with van der Waals surface area (Å²) in [6.07, 6.45) is 2.65. The van der Waals surface area contributed by atoms with E-state index >= 15 is 0 Å². The highest BCUT2D eigenvalue weighted by Crippen LogP contribution is 2.21. The van der Waals surface area contributed by atoms with Crippen LogP contribution in [0.4, 0.5) is 0 Å². The Kier molecular flexibility index (Phi) is 4.76. The summed E-state index contributed by atoms with van der Waals surface area (Å²) in [6, 6.07) is 1.27. The van der Waals surface area contributed by atoms with Crippen molar-refractivity contribution in [2.75, 3.05) is 13.1 Å². The van der Waals surface area contributed by atoms with Gasteiger partial charge in [0.1, 0.15) is 0 Å². The number of hydrogen-bond acceptors (Lipinski definition) is 4. The summed E-state index contributed by atoms with van der Waals surface area (Å²) in [5, 5.41) is 4.78. The van der Waals surface area contributed by atoms with Gasteiger partial charge in [0.25, 0.3) is 0 Å². The fourth-order valence-corrected chi connectivity index (χ4v) is 3.52. The predicted molar refractivity (Wildman–Crippen MR) is 78.2 cm³/mol. The summed E-state index contributed by atoms with van der Waals surface area (Å²) < 4.78 is 0. The Labute approximate surface area is 115 Å². The SMILES string of the molecule is Cc1nc(C)c(CN(CC2CCCN2)C(C)C)s1. The van der Waals surface area contributed by atoms with Crippen LogP contribution in [0.25, 0.3) is 0 Å². The molecule has 1 unspecified atom stereocenters. The van der Waals surface area contributed by atoms with Crippen LogP contribution in [0.3, 0.4) is 0 Å². The zero-order chi connectivity index (χ0) is 13.1. The smallest absolute Gasteiger partial charge is 0.0900 e. The van der Waals surface area contributed by atoms with Gasteiger partial charge in [0.2, 0.25) is 0 Å². The van der Waals surface area contributed by atoms with E-state index in [0.717, 1.165) is 13.1 Å². The molecule has 2 rings (SSSR count). The molecule has 1 aliphatic rings. The van der Waals surface area contributed by atoms with Crippen molar-refractivity contribution >= 4 is 11.3 Å². The molecule has 4 heteroatoms. The highest BCUT2D eigenvalue weighted by molar-refractivity contribution is 7.11. The number of hydrogen-bond donors (Lipinski definition) is 1. The lowest BCUT2D eigenvalue weighted by atomic mass is 10.2. The Morgan fingerprint density at radius 3 is 2.72 bits per heavy atom. The van der Waals surface area contributed by atoms with Crippen molar-refractivity contribution in [1.29, 1.82) is 0 Å². The molecule has 0 bridgehead atoms. The van der Waals surface area contributed by atoms with E-state index < -0.39 is 0 Å². The fraction of sp³-hybridized carbons (Fsp3) is 0.786. The summed E-state index contributed by atoms with van der Waals surface area (Å²) in [7, 11) is 0. The van der Waals surface area contributed by atoms with Crippen LogP contribution in [0.1, 0.15) is 42.3 Å². The van der Waals surface area contributed by atoms with Crippen LogP contribution in [0.15, 0.2) is 0 Å². The molecule has 1 atom stereocenters. The molecule has 18 heavy (non-hydrogen) atoms. The van der Waals surface area contributed by atoms with Gasteiger partial charge < -0.3 is 5.32 Å². The Bertz CT molecular complexity index is 380. The molecule has 0 aromatic carbocycles. The third kappa shape index (κ3) is 3.53. The zero-order valence-corrected chi connectivity index (χ0v) is 12.8. The number of nitrogens with one attached hydrogen (secondary N) is 1. The molecular weight excluding hydrogens is 242 g/mol. The number of thiazole rings is 1. The highest BCUT2D eigenvalue weighted by Gasteiger charge is 2.21. The van der Waals surface area contributed by atoms with Crippen LogP contribution in [0.5, 0.6) is 0 Å². The first kappa shape index (κ1) is 14.0. The molecule has 1 aromatic rings. The van der Waals surface area contributed by atoms with Gasteiger partial charge in [0, 0.05) is 30.1 Å². The normalized spacial score (nSPS) is 20.2. The van der Waals surface area contributed by atoms with Crippen LogP contribution < -0.4 is 5.32 Å². The molecule has 3 nitrogen and oxygen atoms in total. The Morgan fingerprint density at radius 1 is 1.44 bits per heavy atom. The second-order valence-electron chi connectivity index (χ2n) is 5.56. The van der Waals surface area contributed by atoms with Gasteiger partial charge in [-0.15, -0.1) is 11.3 Å². The van der Waals surface area contributed by atoms with Crippen LogP contribution in [0, 0.1) is 13.8 Å². The first-order valence-corrected chi connectivity index (χ1v) is 7.78. The van der Waals surface area contributed by atoms with Gasteiger partial charge in [-0.3, -0.25) is 4.90 Å². The van der Waals surface area contributed by atoms with Gasteiger partial charge in [-0.25, -0.2) is 4.98 Å². The molecule has 0 amide bonds. The first-order valence-electron chi connectivity index (χ1n) is 6.96. The van der Waals surface area contributed by atoms with Gasteiger partial charge in [-0.1, -0.05) is 0 Å². The maximum Gasteiger partial charge on any atom is 0.0900 e. The summed E-state index contributed by atoms with van der Waals surface area (Å²) in [4.78, 5) is 8.53.